The molecule has 1 N–H and O–H groups in total. The Hall–Kier alpha value is -1.20. The van der Waals surface area contributed by atoms with E-state index in [9.17, 15) is 4.79 Å². The van der Waals surface area contributed by atoms with Crippen LogP contribution in [0.5, 0.6) is 0 Å². The van der Waals surface area contributed by atoms with E-state index in [1.165, 1.54) is 0 Å². The summed E-state index contributed by atoms with van der Waals surface area (Å²) in [7, 11) is 0. The second kappa shape index (κ2) is 5.42. The van der Waals surface area contributed by atoms with Crippen LogP contribution >= 0.6 is 11.6 Å². The number of carbonyl (C=O) groups is 1. The first-order valence-corrected chi connectivity index (χ1v) is 5.92. The van der Waals surface area contributed by atoms with Gasteiger partial charge in [0.1, 0.15) is 0 Å². The summed E-state index contributed by atoms with van der Waals surface area (Å²) in [5.41, 5.74) is 0.278. The molecule has 17 heavy (non-hydrogen) atoms. The standard InChI is InChI=1S/C11H14ClN3O2/c1-7(8-4-5-17-6-8)13-11(16)9-2-3-10(12)15-14-9/h2-3,7-8H,4-6H2,1H3,(H,13,16). The van der Waals surface area contributed by atoms with E-state index in [0.717, 1.165) is 13.0 Å². The molecule has 2 atom stereocenters. The van der Waals surface area contributed by atoms with E-state index in [1.54, 1.807) is 12.1 Å². The summed E-state index contributed by atoms with van der Waals surface area (Å²) in [4.78, 5) is 11.8. The summed E-state index contributed by atoms with van der Waals surface area (Å²) in [5, 5.41) is 10.5. The number of hydrogen-bond donors (Lipinski definition) is 1. The van der Waals surface area contributed by atoms with Crippen LogP contribution in [-0.4, -0.2) is 35.4 Å². The van der Waals surface area contributed by atoms with Crippen molar-refractivity contribution < 1.29 is 9.53 Å². The Kier molecular flexibility index (Phi) is 3.91. The molecule has 0 spiro atoms. The summed E-state index contributed by atoms with van der Waals surface area (Å²) in [6, 6.07) is 3.18. The zero-order valence-corrected chi connectivity index (χ0v) is 10.3. The maximum Gasteiger partial charge on any atom is 0.272 e. The monoisotopic (exact) mass is 255 g/mol. The molecule has 1 aliphatic heterocycles. The SMILES string of the molecule is CC(NC(=O)c1ccc(Cl)nn1)C1CCOC1. The third-order valence-corrected chi connectivity index (χ3v) is 3.10. The molecule has 0 radical (unpaired) electrons. The molecular weight excluding hydrogens is 242 g/mol. The van der Waals surface area contributed by atoms with E-state index in [4.69, 9.17) is 16.3 Å². The minimum atomic E-state index is -0.228. The molecule has 2 unspecified atom stereocenters. The van der Waals surface area contributed by atoms with Crippen LogP contribution in [0.1, 0.15) is 23.8 Å². The maximum absolute atomic E-state index is 11.8. The van der Waals surface area contributed by atoms with Crippen molar-refractivity contribution in [1.29, 1.82) is 0 Å². The van der Waals surface area contributed by atoms with E-state index in [2.05, 4.69) is 15.5 Å². The fourth-order valence-corrected chi connectivity index (χ4v) is 1.88. The zero-order chi connectivity index (χ0) is 12.3. The lowest BCUT2D eigenvalue weighted by Crippen LogP contribution is -2.38. The number of nitrogens with one attached hydrogen (secondary N) is 1. The Morgan fingerprint density at radius 1 is 1.59 bits per heavy atom. The fraction of sp³-hybridized carbons (Fsp3) is 0.545. The maximum atomic E-state index is 11.8. The lowest BCUT2D eigenvalue weighted by Gasteiger charge is -2.18. The number of nitrogens with zero attached hydrogens (tertiary/aromatic N) is 2. The summed E-state index contributed by atoms with van der Waals surface area (Å²) in [6.45, 7) is 3.44. The highest BCUT2D eigenvalue weighted by atomic mass is 35.5. The average Bonchev–Trinajstić information content (AvgIpc) is 2.83. The second-order valence-corrected chi connectivity index (χ2v) is 4.51. The predicted octanol–water partition coefficient (Wildman–Crippen LogP) is 1.28. The normalized spacial score (nSPS) is 21.2. The fourth-order valence-electron chi connectivity index (χ4n) is 1.78. The number of amides is 1. The molecule has 1 aliphatic rings. The Bertz CT molecular complexity index is 390. The van der Waals surface area contributed by atoms with Crippen molar-refractivity contribution in [3.63, 3.8) is 0 Å². The molecule has 1 aromatic rings. The van der Waals surface area contributed by atoms with Gasteiger partial charge in [-0.05, 0) is 25.5 Å². The van der Waals surface area contributed by atoms with Gasteiger partial charge in [-0.25, -0.2) is 0 Å². The van der Waals surface area contributed by atoms with Gasteiger partial charge < -0.3 is 10.1 Å². The molecule has 0 aliphatic carbocycles. The number of halogens is 1. The van der Waals surface area contributed by atoms with Crippen molar-refractivity contribution in [3.05, 3.63) is 23.0 Å². The molecule has 0 saturated carbocycles. The topological polar surface area (TPSA) is 64.1 Å². The van der Waals surface area contributed by atoms with Crippen molar-refractivity contribution in [2.75, 3.05) is 13.2 Å². The molecule has 2 rings (SSSR count). The van der Waals surface area contributed by atoms with Crippen LogP contribution in [0.4, 0.5) is 0 Å². The predicted molar refractivity (Wildman–Crippen MR) is 62.9 cm³/mol. The average molecular weight is 256 g/mol. The lowest BCUT2D eigenvalue weighted by atomic mass is 10.0. The molecule has 1 amide bonds. The first-order valence-electron chi connectivity index (χ1n) is 5.54. The van der Waals surface area contributed by atoms with Crippen LogP contribution in [0, 0.1) is 5.92 Å². The minimum Gasteiger partial charge on any atom is -0.381 e. The third kappa shape index (κ3) is 3.14. The van der Waals surface area contributed by atoms with Crippen molar-refractivity contribution in [2.24, 2.45) is 5.92 Å². The number of aromatic nitrogens is 2. The van der Waals surface area contributed by atoms with Crippen LogP contribution in [0.25, 0.3) is 0 Å². The van der Waals surface area contributed by atoms with Crippen LogP contribution in [0.2, 0.25) is 5.15 Å². The van der Waals surface area contributed by atoms with Crippen LogP contribution in [0.3, 0.4) is 0 Å². The highest BCUT2D eigenvalue weighted by molar-refractivity contribution is 6.29. The zero-order valence-electron chi connectivity index (χ0n) is 9.52. The van der Waals surface area contributed by atoms with Gasteiger partial charge in [-0.1, -0.05) is 11.6 Å². The highest BCUT2D eigenvalue weighted by Gasteiger charge is 2.24. The largest absolute Gasteiger partial charge is 0.381 e. The van der Waals surface area contributed by atoms with Gasteiger partial charge in [0.2, 0.25) is 0 Å². The molecule has 5 nitrogen and oxygen atoms in total. The van der Waals surface area contributed by atoms with Crippen molar-refractivity contribution in [1.82, 2.24) is 15.5 Å². The molecular formula is C11H14ClN3O2. The molecule has 2 heterocycles. The van der Waals surface area contributed by atoms with E-state index in [1.807, 2.05) is 6.92 Å². The highest BCUT2D eigenvalue weighted by Crippen LogP contribution is 2.16. The second-order valence-electron chi connectivity index (χ2n) is 4.13. The van der Waals surface area contributed by atoms with Gasteiger partial charge in [0.25, 0.3) is 5.91 Å². The molecule has 92 valence electrons. The van der Waals surface area contributed by atoms with Crippen LogP contribution < -0.4 is 5.32 Å². The minimum absolute atomic E-state index is 0.0717. The van der Waals surface area contributed by atoms with Gasteiger partial charge in [-0.3, -0.25) is 4.79 Å². The van der Waals surface area contributed by atoms with Crippen LogP contribution in [0.15, 0.2) is 12.1 Å². The number of hydrogen-bond acceptors (Lipinski definition) is 4. The number of carbonyl (C=O) groups excluding carboxylic acids is 1. The molecule has 1 fully saturated rings. The van der Waals surface area contributed by atoms with Gasteiger partial charge >= 0.3 is 0 Å². The van der Waals surface area contributed by atoms with Gasteiger partial charge in [-0.15, -0.1) is 10.2 Å². The summed E-state index contributed by atoms with van der Waals surface area (Å²) < 4.78 is 5.28. The van der Waals surface area contributed by atoms with E-state index < -0.39 is 0 Å². The summed E-state index contributed by atoms with van der Waals surface area (Å²) in [5.74, 6) is 0.146. The van der Waals surface area contributed by atoms with Crippen molar-refractivity contribution in [2.45, 2.75) is 19.4 Å². The Balaban J connectivity index is 1.94. The molecule has 0 aromatic carbocycles. The Morgan fingerprint density at radius 3 is 3.00 bits per heavy atom. The number of rotatable bonds is 3. The first kappa shape index (κ1) is 12.3. The van der Waals surface area contributed by atoms with Gasteiger partial charge in [0.15, 0.2) is 10.8 Å². The van der Waals surface area contributed by atoms with Crippen molar-refractivity contribution in [3.8, 4) is 0 Å². The smallest absolute Gasteiger partial charge is 0.272 e. The van der Waals surface area contributed by atoms with E-state index in [0.29, 0.717) is 12.5 Å². The van der Waals surface area contributed by atoms with E-state index in [-0.39, 0.29) is 22.8 Å². The lowest BCUT2D eigenvalue weighted by molar-refractivity contribution is 0.0916. The molecule has 0 bridgehead atoms. The molecule has 6 heteroatoms. The van der Waals surface area contributed by atoms with Crippen LogP contribution in [-0.2, 0) is 4.74 Å². The summed E-state index contributed by atoms with van der Waals surface area (Å²) >= 11 is 5.60. The Morgan fingerprint density at radius 2 is 2.41 bits per heavy atom. The van der Waals surface area contributed by atoms with Gasteiger partial charge in [0, 0.05) is 18.6 Å². The quantitative estimate of drug-likeness (QED) is 0.884. The van der Waals surface area contributed by atoms with Gasteiger partial charge in [-0.2, -0.15) is 0 Å². The van der Waals surface area contributed by atoms with Gasteiger partial charge in [0.05, 0.1) is 6.61 Å². The third-order valence-electron chi connectivity index (χ3n) is 2.90. The molecule has 1 saturated heterocycles. The van der Waals surface area contributed by atoms with Crippen molar-refractivity contribution >= 4 is 17.5 Å². The summed E-state index contributed by atoms with van der Waals surface area (Å²) in [6.07, 6.45) is 0.980. The molecule has 1 aromatic heterocycles. The Labute approximate surface area is 105 Å². The van der Waals surface area contributed by atoms with E-state index >= 15 is 0 Å². The first-order chi connectivity index (χ1) is 8.16. The number of ether oxygens (including phenoxy) is 1.